The van der Waals surface area contributed by atoms with Crippen molar-refractivity contribution in [2.45, 2.75) is 51.4 Å². The van der Waals surface area contributed by atoms with Crippen LogP contribution in [-0.4, -0.2) is 25.8 Å². The fourth-order valence-corrected chi connectivity index (χ4v) is 2.21. The van der Waals surface area contributed by atoms with Crippen LogP contribution in [0.15, 0.2) is 24.0 Å². The largest absolute Gasteiger partial charge is 0.494 e. The van der Waals surface area contributed by atoms with E-state index in [0.717, 1.165) is 56.8 Å². The normalized spacial score (nSPS) is 12.8. The molecule has 0 aliphatic heterocycles. The van der Waals surface area contributed by atoms with Gasteiger partial charge in [-0.25, -0.2) is 4.79 Å². The minimum absolute atomic E-state index is 0.257. The van der Waals surface area contributed by atoms with Crippen molar-refractivity contribution in [3.05, 3.63) is 24.0 Å². The molecule has 0 heterocycles. The van der Waals surface area contributed by atoms with Crippen LogP contribution in [0.5, 0.6) is 0 Å². The third kappa shape index (κ3) is 7.72. The van der Waals surface area contributed by atoms with E-state index in [1.807, 2.05) is 0 Å². The van der Waals surface area contributed by atoms with Crippen LogP contribution in [0.2, 0.25) is 0 Å². The van der Waals surface area contributed by atoms with Crippen LogP contribution in [0.25, 0.3) is 0 Å². The van der Waals surface area contributed by atoms with E-state index in [1.165, 1.54) is 12.0 Å². The van der Waals surface area contributed by atoms with Crippen molar-refractivity contribution in [3.63, 3.8) is 0 Å². The maximum absolute atomic E-state index is 10.9. The zero-order chi connectivity index (χ0) is 16.0. The molecule has 0 bridgehead atoms. The molecule has 0 spiro atoms. The number of allylic oxidation sites excluding steroid dienone is 2. The van der Waals surface area contributed by atoms with Gasteiger partial charge in [0, 0.05) is 12.5 Å². The van der Waals surface area contributed by atoms with E-state index in [9.17, 15) is 4.79 Å². The van der Waals surface area contributed by atoms with E-state index in [1.54, 1.807) is 6.26 Å². The van der Waals surface area contributed by atoms with Gasteiger partial charge >= 0.3 is 5.97 Å². The summed E-state index contributed by atoms with van der Waals surface area (Å²) >= 11 is 0. The molecule has 0 aromatic heterocycles. The second kappa shape index (κ2) is 11.7. The SMILES string of the molecule is C=CC(=O)OCCOC(CCCCCCOC#N)=C1CCC1. The monoisotopic (exact) mass is 307 g/mol. The van der Waals surface area contributed by atoms with Gasteiger partial charge in [0.1, 0.15) is 19.8 Å². The van der Waals surface area contributed by atoms with Crippen LogP contribution in [0, 0.1) is 11.5 Å². The first kappa shape index (κ1) is 18.1. The lowest BCUT2D eigenvalue weighted by Crippen LogP contribution is -2.11. The van der Waals surface area contributed by atoms with Crippen LogP contribution in [0.4, 0.5) is 0 Å². The van der Waals surface area contributed by atoms with Gasteiger partial charge in [-0.1, -0.05) is 19.4 Å². The number of hydrogen-bond donors (Lipinski definition) is 0. The van der Waals surface area contributed by atoms with E-state index in [2.05, 4.69) is 11.3 Å². The van der Waals surface area contributed by atoms with Gasteiger partial charge in [0.15, 0.2) is 0 Å². The molecule has 0 N–H and O–H groups in total. The molecular formula is C17H25NO4. The second-order valence-corrected chi connectivity index (χ2v) is 5.20. The maximum Gasteiger partial charge on any atom is 0.330 e. The first-order chi connectivity index (χ1) is 10.8. The summed E-state index contributed by atoms with van der Waals surface area (Å²) in [5.74, 6) is 0.662. The molecule has 1 aliphatic carbocycles. The quantitative estimate of drug-likeness (QED) is 0.181. The summed E-state index contributed by atoms with van der Waals surface area (Å²) in [6, 6.07) is 0. The molecule has 1 saturated carbocycles. The van der Waals surface area contributed by atoms with Crippen molar-refractivity contribution in [3.8, 4) is 6.26 Å². The van der Waals surface area contributed by atoms with Crippen molar-refractivity contribution >= 4 is 5.97 Å². The lowest BCUT2D eigenvalue weighted by atomic mass is 9.90. The highest BCUT2D eigenvalue weighted by atomic mass is 16.6. The van der Waals surface area contributed by atoms with Crippen LogP contribution >= 0.6 is 0 Å². The maximum atomic E-state index is 10.9. The Balaban J connectivity index is 2.15. The molecular weight excluding hydrogens is 282 g/mol. The molecule has 0 radical (unpaired) electrons. The number of nitriles is 1. The number of ether oxygens (including phenoxy) is 3. The number of carbonyl (C=O) groups is 1. The summed E-state index contributed by atoms with van der Waals surface area (Å²) in [6.45, 7) is 4.51. The third-order valence-corrected chi connectivity index (χ3v) is 3.59. The molecule has 0 saturated heterocycles. The summed E-state index contributed by atoms with van der Waals surface area (Å²) in [4.78, 5) is 10.9. The van der Waals surface area contributed by atoms with E-state index >= 15 is 0 Å². The Morgan fingerprint density at radius 3 is 2.50 bits per heavy atom. The van der Waals surface area contributed by atoms with Gasteiger partial charge in [-0.15, -0.1) is 0 Å². The van der Waals surface area contributed by atoms with Crippen LogP contribution < -0.4 is 0 Å². The van der Waals surface area contributed by atoms with Gasteiger partial charge < -0.3 is 14.2 Å². The lowest BCUT2D eigenvalue weighted by molar-refractivity contribution is -0.138. The first-order valence-electron chi connectivity index (χ1n) is 7.91. The van der Waals surface area contributed by atoms with E-state index in [0.29, 0.717) is 13.2 Å². The summed E-state index contributed by atoms with van der Waals surface area (Å²) in [5.41, 5.74) is 1.41. The topological polar surface area (TPSA) is 68.6 Å². The Morgan fingerprint density at radius 2 is 1.86 bits per heavy atom. The van der Waals surface area contributed by atoms with Crippen LogP contribution in [-0.2, 0) is 19.0 Å². The minimum Gasteiger partial charge on any atom is -0.494 e. The van der Waals surface area contributed by atoms with Crippen LogP contribution in [0.1, 0.15) is 51.4 Å². The van der Waals surface area contributed by atoms with Crippen LogP contribution in [0.3, 0.4) is 0 Å². The van der Waals surface area contributed by atoms with Crippen molar-refractivity contribution in [2.75, 3.05) is 19.8 Å². The number of esters is 1. The molecule has 0 aromatic rings. The molecule has 0 unspecified atom stereocenters. The molecule has 122 valence electrons. The molecule has 1 rings (SSSR count). The number of hydrogen-bond acceptors (Lipinski definition) is 5. The number of rotatable bonds is 12. The molecule has 5 nitrogen and oxygen atoms in total. The summed E-state index contributed by atoms with van der Waals surface area (Å²) < 4.78 is 15.3. The molecule has 0 aromatic carbocycles. The fraction of sp³-hybridized carbons (Fsp3) is 0.647. The van der Waals surface area contributed by atoms with Crippen molar-refractivity contribution in [1.29, 1.82) is 5.26 Å². The molecule has 0 amide bonds. The Hall–Kier alpha value is -1.96. The fourth-order valence-electron chi connectivity index (χ4n) is 2.21. The number of unbranched alkanes of at least 4 members (excludes halogenated alkanes) is 3. The molecule has 5 heteroatoms. The Morgan fingerprint density at radius 1 is 1.14 bits per heavy atom. The first-order valence-corrected chi connectivity index (χ1v) is 7.91. The Kier molecular flexibility index (Phi) is 9.60. The molecule has 1 aliphatic rings. The zero-order valence-electron chi connectivity index (χ0n) is 13.1. The average Bonchev–Trinajstić information content (AvgIpc) is 2.48. The van der Waals surface area contributed by atoms with Gasteiger partial charge in [0.2, 0.25) is 0 Å². The van der Waals surface area contributed by atoms with Gasteiger partial charge in [0.05, 0.1) is 5.76 Å². The molecule has 0 atom stereocenters. The second-order valence-electron chi connectivity index (χ2n) is 5.20. The average molecular weight is 307 g/mol. The predicted molar refractivity (Wildman–Crippen MR) is 82.6 cm³/mol. The predicted octanol–water partition coefficient (Wildman–Crippen LogP) is 3.62. The molecule has 22 heavy (non-hydrogen) atoms. The Bertz CT molecular complexity index is 417. The van der Waals surface area contributed by atoms with Crippen molar-refractivity contribution in [2.24, 2.45) is 0 Å². The Labute approximate surface area is 132 Å². The number of nitrogens with zero attached hydrogens (tertiary/aromatic N) is 1. The lowest BCUT2D eigenvalue weighted by Gasteiger charge is -2.22. The van der Waals surface area contributed by atoms with Crippen molar-refractivity contribution in [1.82, 2.24) is 0 Å². The highest BCUT2D eigenvalue weighted by molar-refractivity contribution is 5.81. The van der Waals surface area contributed by atoms with Gasteiger partial charge in [-0.05, 0) is 37.7 Å². The minimum atomic E-state index is -0.416. The highest BCUT2D eigenvalue weighted by Crippen LogP contribution is 2.31. The van der Waals surface area contributed by atoms with E-state index in [4.69, 9.17) is 14.7 Å². The van der Waals surface area contributed by atoms with Gasteiger partial charge in [0.25, 0.3) is 6.26 Å². The van der Waals surface area contributed by atoms with Crippen molar-refractivity contribution < 1.29 is 19.0 Å². The summed E-state index contributed by atoms with van der Waals surface area (Å²) in [7, 11) is 0. The third-order valence-electron chi connectivity index (χ3n) is 3.59. The smallest absolute Gasteiger partial charge is 0.330 e. The van der Waals surface area contributed by atoms with Gasteiger partial charge in [-0.3, -0.25) is 0 Å². The number of carbonyl (C=O) groups excluding carboxylic acids is 1. The summed E-state index contributed by atoms with van der Waals surface area (Å²) in [6.07, 6.45) is 11.4. The van der Waals surface area contributed by atoms with E-state index in [-0.39, 0.29) is 6.61 Å². The van der Waals surface area contributed by atoms with E-state index < -0.39 is 5.97 Å². The van der Waals surface area contributed by atoms with Gasteiger partial charge in [-0.2, -0.15) is 5.26 Å². The zero-order valence-corrected chi connectivity index (χ0v) is 13.1. The standard InChI is InChI=1S/C17H25NO4/c1-2-17(19)22-13-12-21-16(15-8-7-9-15)10-5-3-4-6-11-20-14-18/h2H,1,3-13H2. The molecule has 1 fully saturated rings. The highest BCUT2D eigenvalue weighted by Gasteiger charge is 2.15. The summed E-state index contributed by atoms with van der Waals surface area (Å²) in [5, 5.41) is 8.26.